The number of hydrogen-bond acceptors (Lipinski definition) is 5. The fourth-order valence-electron chi connectivity index (χ4n) is 1.74. The third-order valence-corrected chi connectivity index (χ3v) is 3.59. The van der Waals surface area contributed by atoms with Crippen LogP contribution >= 0.6 is 11.3 Å². The van der Waals surface area contributed by atoms with Crippen LogP contribution in [0.2, 0.25) is 0 Å². The number of aromatic nitrogens is 2. The third-order valence-electron chi connectivity index (χ3n) is 2.53. The molecule has 5 heteroatoms. The molecular weight excluding hydrogens is 244 g/mol. The first-order valence-electron chi connectivity index (χ1n) is 6.08. The molecular formula is C13H18N4S. The first-order valence-corrected chi connectivity index (χ1v) is 6.96. The quantitative estimate of drug-likeness (QED) is 0.866. The second-order valence-electron chi connectivity index (χ2n) is 4.10. The Balaban J connectivity index is 2.13. The van der Waals surface area contributed by atoms with E-state index >= 15 is 0 Å². The predicted molar refractivity (Wildman–Crippen MR) is 77.3 cm³/mol. The van der Waals surface area contributed by atoms with Crippen molar-refractivity contribution in [2.45, 2.75) is 26.8 Å². The van der Waals surface area contributed by atoms with Crippen molar-refractivity contribution in [3.8, 4) is 0 Å². The Morgan fingerprint density at radius 1 is 1.33 bits per heavy atom. The molecule has 0 amide bonds. The maximum atomic E-state index is 4.41. The number of nitrogens with one attached hydrogen (secondary N) is 2. The highest BCUT2D eigenvalue weighted by molar-refractivity contribution is 7.10. The monoisotopic (exact) mass is 262 g/mol. The van der Waals surface area contributed by atoms with Gasteiger partial charge in [-0.1, -0.05) is 6.07 Å². The van der Waals surface area contributed by atoms with E-state index in [4.69, 9.17) is 0 Å². The molecule has 0 aromatic carbocycles. The van der Waals surface area contributed by atoms with Crippen molar-refractivity contribution in [1.82, 2.24) is 9.97 Å². The maximum absolute atomic E-state index is 4.41. The van der Waals surface area contributed by atoms with Gasteiger partial charge in [0.1, 0.15) is 17.5 Å². The summed E-state index contributed by atoms with van der Waals surface area (Å²) in [6.07, 6.45) is 0. The molecule has 0 fully saturated rings. The molecule has 1 unspecified atom stereocenters. The zero-order valence-corrected chi connectivity index (χ0v) is 11.7. The molecule has 0 saturated heterocycles. The third kappa shape index (κ3) is 3.20. The lowest BCUT2D eigenvalue weighted by atomic mass is 10.3. The van der Waals surface area contributed by atoms with Crippen LogP contribution in [-0.4, -0.2) is 16.5 Å². The van der Waals surface area contributed by atoms with Crippen LogP contribution in [0.25, 0.3) is 0 Å². The fourth-order valence-corrected chi connectivity index (χ4v) is 2.48. The normalized spacial score (nSPS) is 12.2. The number of thiophene rings is 1. The Hall–Kier alpha value is -1.62. The maximum Gasteiger partial charge on any atom is 0.132 e. The summed E-state index contributed by atoms with van der Waals surface area (Å²) in [7, 11) is 0. The first kappa shape index (κ1) is 12.8. The van der Waals surface area contributed by atoms with E-state index in [9.17, 15) is 0 Å². The molecule has 2 N–H and O–H groups in total. The van der Waals surface area contributed by atoms with Gasteiger partial charge in [0.25, 0.3) is 0 Å². The average Bonchev–Trinajstić information content (AvgIpc) is 2.81. The van der Waals surface area contributed by atoms with Crippen molar-refractivity contribution in [3.63, 3.8) is 0 Å². The topological polar surface area (TPSA) is 49.8 Å². The molecule has 2 rings (SSSR count). The highest BCUT2D eigenvalue weighted by Gasteiger charge is 2.08. The lowest BCUT2D eigenvalue weighted by molar-refractivity contribution is 0.886. The van der Waals surface area contributed by atoms with Crippen LogP contribution in [0.15, 0.2) is 23.6 Å². The molecule has 1 atom stereocenters. The van der Waals surface area contributed by atoms with E-state index in [0.717, 1.165) is 24.0 Å². The van der Waals surface area contributed by atoms with Gasteiger partial charge in [0, 0.05) is 17.5 Å². The zero-order chi connectivity index (χ0) is 13.0. The molecule has 96 valence electrons. The Kier molecular flexibility index (Phi) is 4.15. The molecule has 2 aromatic rings. The van der Waals surface area contributed by atoms with Crippen LogP contribution in [0.1, 0.15) is 30.6 Å². The van der Waals surface area contributed by atoms with Crippen LogP contribution in [0, 0.1) is 6.92 Å². The van der Waals surface area contributed by atoms with Gasteiger partial charge < -0.3 is 10.6 Å². The molecule has 0 aliphatic rings. The number of rotatable bonds is 5. The summed E-state index contributed by atoms with van der Waals surface area (Å²) in [5.74, 6) is 2.50. The van der Waals surface area contributed by atoms with Crippen LogP contribution in [0.5, 0.6) is 0 Å². The second-order valence-corrected chi connectivity index (χ2v) is 5.08. The Labute approximate surface area is 111 Å². The van der Waals surface area contributed by atoms with Crippen molar-refractivity contribution in [3.05, 3.63) is 34.3 Å². The second kappa shape index (κ2) is 5.82. The Morgan fingerprint density at radius 3 is 2.78 bits per heavy atom. The van der Waals surface area contributed by atoms with Gasteiger partial charge in [-0.3, -0.25) is 0 Å². The van der Waals surface area contributed by atoms with Gasteiger partial charge in [-0.15, -0.1) is 11.3 Å². The lowest BCUT2D eigenvalue weighted by Crippen LogP contribution is -2.09. The molecule has 0 radical (unpaired) electrons. The van der Waals surface area contributed by atoms with Gasteiger partial charge >= 0.3 is 0 Å². The van der Waals surface area contributed by atoms with E-state index in [-0.39, 0.29) is 6.04 Å². The average molecular weight is 262 g/mol. The Bertz CT molecular complexity index is 496. The predicted octanol–water partition coefficient (Wildman–Crippen LogP) is 3.45. The first-order chi connectivity index (χ1) is 8.69. The van der Waals surface area contributed by atoms with Gasteiger partial charge in [0.2, 0.25) is 0 Å². The summed E-state index contributed by atoms with van der Waals surface area (Å²) in [6.45, 7) is 6.95. The number of aryl methyl sites for hydroxylation is 1. The summed E-state index contributed by atoms with van der Waals surface area (Å²) in [4.78, 5) is 10.0. The van der Waals surface area contributed by atoms with Gasteiger partial charge in [-0.2, -0.15) is 0 Å². The summed E-state index contributed by atoms with van der Waals surface area (Å²) in [5.41, 5.74) is 0. The van der Waals surface area contributed by atoms with E-state index in [0.29, 0.717) is 0 Å². The van der Waals surface area contributed by atoms with Crippen LogP contribution in [0.3, 0.4) is 0 Å². The van der Waals surface area contributed by atoms with Crippen molar-refractivity contribution >= 4 is 23.0 Å². The standard InChI is InChI=1S/C13H18N4S/c1-4-14-12-8-13(17-10(3)16-12)15-9(2)11-6-5-7-18-11/h5-9H,4H2,1-3H3,(H2,14,15,16,17). The molecule has 4 nitrogen and oxygen atoms in total. The van der Waals surface area contributed by atoms with Crippen molar-refractivity contribution in [1.29, 1.82) is 0 Å². The smallest absolute Gasteiger partial charge is 0.132 e. The van der Waals surface area contributed by atoms with Gasteiger partial charge in [-0.05, 0) is 32.2 Å². The van der Waals surface area contributed by atoms with E-state index < -0.39 is 0 Å². The molecule has 0 aliphatic heterocycles. The molecule has 0 spiro atoms. The minimum absolute atomic E-state index is 0.258. The van der Waals surface area contributed by atoms with Gasteiger partial charge in [0.05, 0.1) is 6.04 Å². The zero-order valence-electron chi connectivity index (χ0n) is 10.9. The van der Waals surface area contributed by atoms with E-state index in [1.165, 1.54) is 4.88 Å². The van der Waals surface area contributed by atoms with E-state index in [1.807, 2.05) is 13.0 Å². The SMILES string of the molecule is CCNc1cc(NC(C)c2cccs2)nc(C)n1. The fraction of sp³-hybridized carbons (Fsp3) is 0.385. The van der Waals surface area contributed by atoms with Crippen molar-refractivity contribution < 1.29 is 0 Å². The number of nitrogens with zero attached hydrogens (tertiary/aromatic N) is 2. The van der Waals surface area contributed by atoms with Crippen molar-refractivity contribution in [2.75, 3.05) is 17.2 Å². The largest absolute Gasteiger partial charge is 0.370 e. The minimum atomic E-state index is 0.258. The molecule has 2 aromatic heterocycles. The molecule has 0 bridgehead atoms. The summed E-state index contributed by atoms with van der Waals surface area (Å²) in [5, 5.41) is 8.70. The van der Waals surface area contributed by atoms with Gasteiger partial charge in [-0.25, -0.2) is 9.97 Å². The number of anilines is 2. The molecule has 2 heterocycles. The molecule has 18 heavy (non-hydrogen) atoms. The van der Waals surface area contributed by atoms with Crippen LogP contribution in [0.4, 0.5) is 11.6 Å². The summed E-state index contributed by atoms with van der Waals surface area (Å²) in [6, 6.07) is 6.39. The van der Waals surface area contributed by atoms with E-state index in [2.05, 4.69) is 52.0 Å². The number of hydrogen-bond donors (Lipinski definition) is 2. The van der Waals surface area contributed by atoms with Crippen LogP contribution in [-0.2, 0) is 0 Å². The highest BCUT2D eigenvalue weighted by Crippen LogP contribution is 2.23. The van der Waals surface area contributed by atoms with Crippen molar-refractivity contribution in [2.24, 2.45) is 0 Å². The summed E-state index contributed by atoms with van der Waals surface area (Å²) >= 11 is 1.75. The van der Waals surface area contributed by atoms with Crippen LogP contribution < -0.4 is 10.6 Å². The summed E-state index contributed by atoms with van der Waals surface area (Å²) < 4.78 is 0. The highest BCUT2D eigenvalue weighted by atomic mass is 32.1. The minimum Gasteiger partial charge on any atom is -0.370 e. The lowest BCUT2D eigenvalue weighted by Gasteiger charge is -2.14. The molecule has 0 aliphatic carbocycles. The Morgan fingerprint density at radius 2 is 2.11 bits per heavy atom. The molecule has 0 saturated carbocycles. The van der Waals surface area contributed by atoms with E-state index in [1.54, 1.807) is 11.3 Å². The van der Waals surface area contributed by atoms with Gasteiger partial charge in [0.15, 0.2) is 0 Å².